The molecule has 31 heavy (non-hydrogen) atoms. The van der Waals surface area contributed by atoms with Crippen LogP contribution in [0.3, 0.4) is 0 Å². The van der Waals surface area contributed by atoms with Gasteiger partial charge in [0.25, 0.3) is 5.95 Å². The van der Waals surface area contributed by atoms with Gasteiger partial charge in [0.05, 0.1) is 20.3 Å². The fourth-order valence-corrected chi connectivity index (χ4v) is 2.99. The summed E-state index contributed by atoms with van der Waals surface area (Å²) >= 11 is 0. The number of aromatic nitrogens is 1. The Morgan fingerprint density at radius 3 is 2.35 bits per heavy atom. The molecule has 0 aliphatic carbocycles. The van der Waals surface area contributed by atoms with E-state index in [9.17, 15) is 9.90 Å². The maximum Gasteiger partial charge on any atom is 0.294 e. The molecular formula is C23H19NO7. The first-order valence-electron chi connectivity index (χ1n) is 9.30. The van der Waals surface area contributed by atoms with E-state index in [4.69, 9.17) is 23.4 Å². The van der Waals surface area contributed by atoms with Gasteiger partial charge >= 0.3 is 0 Å². The van der Waals surface area contributed by atoms with Gasteiger partial charge in [0.1, 0.15) is 29.1 Å². The van der Waals surface area contributed by atoms with Crippen LogP contribution in [0.5, 0.6) is 34.7 Å². The summed E-state index contributed by atoms with van der Waals surface area (Å²) in [4.78, 5) is 16.6. The van der Waals surface area contributed by atoms with Gasteiger partial charge in [0.15, 0.2) is 11.5 Å². The van der Waals surface area contributed by atoms with Crippen LogP contribution < -0.4 is 24.4 Å². The van der Waals surface area contributed by atoms with E-state index in [-0.39, 0.29) is 40.8 Å². The molecular weight excluding hydrogens is 402 g/mol. The fourth-order valence-electron chi connectivity index (χ4n) is 2.99. The van der Waals surface area contributed by atoms with Gasteiger partial charge in [0.2, 0.25) is 11.2 Å². The number of phenolic OH excluding ortho intramolecular Hbond substituents is 1. The Balaban J connectivity index is 1.70. The van der Waals surface area contributed by atoms with Gasteiger partial charge < -0.3 is 28.5 Å². The van der Waals surface area contributed by atoms with Gasteiger partial charge in [-0.3, -0.25) is 9.78 Å². The molecule has 0 aliphatic rings. The van der Waals surface area contributed by atoms with Gasteiger partial charge in [-0.15, -0.1) is 0 Å². The van der Waals surface area contributed by atoms with Crippen LogP contribution in [0.4, 0.5) is 0 Å². The average molecular weight is 421 g/mol. The molecule has 8 heteroatoms. The summed E-state index contributed by atoms with van der Waals surface area (Å²) in [7, 11) is 2.94. The van der Waals surface area contributed by atoms with Crippen LogP contribution in [-0.4, -0.2) is 24.3 Å². The maximum atomic E-state index is 12.6. The van der Waals surface area contributed by atoms with E-state index in [1.165, 1.54) is 13.2 Å². The minimum absolute atomic E-state index is 0.0322. The van der Waals surface area contributed by atoms with Gasteiger partial charge in [0, 0.05) is 18.5 Å². The number of nitrogens with zero attached hydrogens (tertiary/aromatic N) is 1. The van der Waals surface area contributed by atoms with Crippen molar-refractivity contribution in [3.63, 3.8) is 0 Å². The van der Waals surface area contributed by atoms with Crippen molar-refractivity contribution in [3.05, 3.63) is 76.7 Å². The molecule has 0 saturated heterocycles. The molecule has 158 valence electrons. The number of fused-ring (bicyclic) bond motifs is 1. The number of hydrogen-bond acceptors (Lipinski definition) is 8. The standard InChI is InChI=1S/C23H19NO7/c1-27-15-3-5-16(6-4-15)30-20-11-17(25)21-18(31-20)12-19(23(28-2)22(21)26)29-13-14-7-9-24-10-8-14/h3-12,26H,13H2,1-2H3. The first kappa shape index (κ1) is 20.1. The summed E-state index contributed by atoms with van der Waals surface area (Å²) in [6.07, 6.45) is 3.30. The molecule has 0 aliphatic heterocycles. The highest BCUT2D eigenvalue weighted by Gasteiger charge is 2.20. The highest BCUT2D eigenvalue weighted by Crippen LogP contribution is 2.42. The molecule has 0 fully saturated rings. The lowest BCUT2D eigenvalue weighted by atomic mass is 10.2. The zero-order chi connectivity index (χ0) is 21.8. The molecule has 0 saturated carbocycles. The quantitative estimate of drug-likeness (QED) is 0.472. The normalized spacial score (nSPS) is 10.6. The number of hydrogen-bond donors (Lipinski definition) is 1. The van der Waals surface area contributed by atoms with Crippen LogP contribution in [-0.2, 0) is 6.61 Å². The predicted octanol–water partition coefficient (Wildman–Crippen LogP) is 4.28. The summed E-state index contributed by atoms with van der Waals surface area (Å²) in [5, 5.41) is 10.6. The molecule has 0 radical (unpaired) electrons. The number of pyridine rings is 1. The Morgan fingerprint density at radius 2 is 1.68 bits per heavy atom. The Hall–Kier alpha value is -4.20. The first-order chi connectivity index (χ1) is 15.1. The zero-order valence-electron chi connectivity index (χ0n) is 16.8. The van der Waals surface area contributed by atoms with Gasteiger partial charge in [-0.2, -0.15) is 0 Å². The summed E-state index contributed by atoms with van der Waals surface area (Å²) in [6, 6.07) is 13.0. The second kappa shape index (κ2) is 8.66. The van der Waals surface area contributed by atoms with Crippen molar-refractivity contribution in [1.82, 2.24) is 4.98 Å². The van der Waals surface area contributed by atoms with E-state index in [1.807, 2.05) is 0 Å². The van der Waals surface area contributed by atoms with Crippen LogP contribution in [0, 0.1) is 0 Å². The van der Waals surface area contributed by atoms with Crippen molar-refractivity contribution in [2.75, 3.05) is 14.2 Å². The molecule has 2 aromatic heterocycles. The lowest BCUT2D eigenvalue weighted by Gasteiger charge is -2.14. The van der Waals surface area contributed by atoms with Crippen molar-refractivity contribution in [3.8, 4) is 34.7 Å². The monoisotopic (exact) mass is 421 g/mol. The maximum absolute atomic E-state index is 12.6. The summed E-state index contributed by atoms with van der Waals surface area (Å²) < 4.78 is 27.5. The molecule has 4 aromatic rings. The molecule has 0 unspecified atom stereocenters. The van der Waals surface area contributed by atoms with E-state index in [0.29, 0.717) is 11.5 Å². The van der Waals surface area contributed by atoms with Gasteiger partial charge in [-0.05, 0) is 42.0 Å². The van der Waals surface area contributed by atoms with E-state index in [2.05, 4.69) is 4.98 Å². The lowest BCUT2D eigenvalue weighted by Crippen LogP contribution is -2.04. The topological polar surface area (TPSA) is 100 Å². The van der Waals surface area contributed by atoms with Crippen LogP contribution in [0.15, 0.2) is 70.1 Å². The molecule has 2 aromatic carbocycles. The molecule has 8 nitrogen and oxygen atoms in total. The molecule has 1 N–H and O–H groups in total. The smallest absolute Gasteiger partial charge is 0.294 e. The third-order valence-corrected chi connectivity index (χ3v) is 4.52. The second-order valence-electron chi connectivity index (χ2n) is 6.48. The van der Waals surface area contributed by atoms with Crippen LogP contribution in [0.1, 0.15) is 5.56 Å². The fraction of sp³-hybridized carbons (Fsp3) is 0.130. The Labute approximate surface area is 177 Å². The highest BCUT2D eigenvalue weighted by molar-refractivity contribution is 5.88. The summed E-state index contributed by atoms with van der Waals surface area (Å²) in [5.74, 6) is 0.976. The number of aromatic hydroxyl groups is 1. The van der Waals surface area contributed by atoms with Crippen molar-refractivity contribution in [2.24, 2.45) is 0 Å². The molecule has 0 bridgehead atoms. The minimum Gasteiger partial charge on any atom is -0.504 e. The Morgan fingerprint density at radius 1 is 0.968 bits per heavy atom. The number of benzene rings is 2. The molecule has 2 heterocycles. The Bertz CT molecular complexity index is 1250. The van der Waals surface area contributed by atoms with E-state index >= 15 is 0 Å². The van der Waals surface area contributed by atoms with Crippen LogP contribution >= 0.6 is 0 Å². The number of ether oxygens (including phenoxy) is 4. The molecule has 0 amide bonds. The Kier molecular flexibility index (Phi) is 5.61. The second-order valence-corrected chi connectivity index (χ2v) is 6.48. The first-order valence-corrected chi connectivity index (χ1v) is 9.30. The number of rotatable bonds is 7. The van der Waals surface area contributed by atoms with E-state index in [0.717, 1.165) is 11.6 Å². The van der Waals surface area contributed by atoms with Gasteiger partial charge in [-0.25, -0.2) is 0 Å². The van der Waals surface area contributed by atoms with Crippen LogP contribution in [0.25, 0.3) is 11.0 Å². The number of phenols is 1. The molecule has 4 rings (SSSR count). The largest absolute Gasteiger partial charge is 0.504 e. The average Bonchev–Trinajstić information content (AvgIpc) is 2.78. The van der Waals surface area contributed by atoms with Gasteiger partial charge in [-0.1, -0.05) is 0 Å². The summed E-state index contributed by atoms with van der Waals surface area (Å²) in [6.45, 7) is 0.204. The third kappa shape index (κ3) is 4.23. The van der Waals surface area contributed by atoms with Crippen molar-refractivity contribution >= 4 is 11.0 Å². The number of methoxy groups -OCH3 is 2. The third-order valence-electron chi connectivity index (χ3n) is 4.52. The van der Waals surface area contributed by atoms with Crippen molar-refractivity contribution < 1.29 is 28.5 Å². The van der Waals surface area contributed by atoms with Crippen molar-refractivity contribution in [2.45, 2.75) is 6.61 Å². The highest BCUT2D eigenvalue weighted by atomic mass is 16.6. The van der Waals surface area contributed by atoms with Crippen molar-refractivity contribution in [1.29, 1.82) is 0 Å². The van der Waals surface area contributed by atoms with E-state index in [1.54, 1.807) is 55.9 Å². The zero-order valence-corrected chi connectivity index (χ0v) is 16.8. The minimum atomic E-state index is -0.485. The van der Waals surface area contributed by atoms with Crippen LogP contribution in [0.2, 0.25) is 0 Å². The molecule has 0 spiro atoms. The summed E-state index contributed by atoms with van der Waals surface area (Å²) in [5.41, 5.74) is 0.481. The lowest BCUT2D eigenvalue weighted by molar-refractivity contribution is 0.277. The SMILES string of the molecule is COc1ccc(Oc2cc(=O)c3c(O)c(OC)c(OCc4ccncc4)cc3o2)cc1. The molecule has 0 atom stereocenters. The predicted molar refractivity (Wildman–Crippen MR) is 112 cm³/mol. The van der Waals surface area contributed by atoms with E-state index < -0.39 is 5.43 Å².